The zero-order chi connectivity index (χ0) is 67.5. The fourth-order valence-electron chi connectivity index (χ4n) is 11.7. The van der Waals surface area contributed by atoms with Crippen molar-refractivity contribution in [1.82, 2.24) is 10.2 Å². The summed E-state index contributed by atoms with van der Waals surface area (Å²) in [6, 6.07) is 9.24. The molecular formula is C60H75N4O23S5+. The lowest BCUT2D eigenvalue weighted by Gasteiger charge is -2.30. The van der Waals surface area contributed by atoms with E-state index in [2.05, 4.69) is 5.32 Å². The van der Waals surface area contributed by atoms with Crippen LogP contribution >= 0.6 is 0 Å². The number of benzene rings is 4. The largest absolute Gasteiger partial charge is 0.383 e. The number of nitrogens with zero attached hydrogens (tertiary/aromatic N) is 3. The topological polar surface area (TPSA) is 391 Å². The Balaban J connectivity index is 1.28. The molecule has 2 atom stereocenters. The van der Waals surface area contributed by atoms with Crippen LogP contribution in [0.15, 0.2) is 128 Å². The van der Waals surface area contributed by atoms with Gasteiger partial charge in [0.1, 0.15) is 16.3 Å². The molecule has 2 unspecified atom stereocenters. The summed E-state index contributed by atoms with van der Waals surface area (Å²) in [5.41, 5.74) is 0.0405. The molecule has 0 saturated carbocycles. The number of fused-ring (bicyclic) bond motifs is 6. The Hall–Kier alpha value is -6.47. The maximum Gasteiger partial charge on any atom is 0.295 e. The van der Waals surface area contributed by atoms with Gasteiger partial charge in [0.25, 0.3) is 62.4 Å². The van der Waals surface area contributed by atoms with Gasteiger partial charge in [-0.15, -0.1) is 0 Å². The van der Waals surface area contributed by atoms with Gasteiger partial charge in [-0.3, -0.25) is 42.0 Å². The van der Waals surface area contributed by atoms with Crippen LogP contribution < -0.4 is 10.2 Å². The summed E-state index contributed by atoms with van der Waals surface area (Å²) in [4.78, 5) is 36.8. The second-order valence-electron chi connectivity index (χ2n) is 22.2. The van der Waals surface area contributed by atoms with Crippen molar-refractivity contribution < 1.29 is 107 Å². The third kappa shape index (κ3) is 17.9. The summed E-state index contributed by atoms with van der Waals surface area (Å²) in [7, 11) is -21.6. The van der Waals surface area contributed by atoms with Crippen molar-refractivity contribution in [3.8, 4) is 0 Å². The summed E-state index contributed by atoms with van der Waals surface area (Å²) in [6.07, 6.45) is 15.6. The number of allylic oxidation sites excluding steroid dienone is 8. The van der Waals surface area contributed by atoms with Gasteiger partial charge in [-0.1, -0.05) is 36.4 Å². The molecule has 3 heterocycles. The molecule has 3 aliphatic rings. The third-order valence-electron chi connectivity index (χ3n) is 16.0. The maximum absolute atomic E-state index is 13.0. The van der Waals surface area contributed by atoms with Crippen LogP contribution in [-0.2, 0) is 99.5 Å². The molecule has 7 rings (SSSR count). The van der Waals surface area contributed by atoms with E-state index in [1.165, 1.54) is 19.2 Å². The summed E-state index contributed by atoms with van der Waals surface area (Å²) in [5.74, 6) is -1.93. The lowest BCUT2D eigenvalue weighted by Crippen LogP contribution is -2.38. The Bertz CT molecular complexity index is 4240. The predicted molar refractivity (Wildman–Crippen MR) is 338 cm³/mol. The molecule has 0 fully saturated rings. The standard InChI is InChI=1S/C60H74N4O23S5/c1-59(23-13-37-88(68,69)70)52(63(28-30-83-3)49-41-51(92(80,81)82)44-18-17-42(89(71,72)73)38-46(44)58(49)59)14-9-6-5-7-10-15-53-60(2,24-29-85-33-34-87-36-35-86-32-31-84-4)57-47-39-43(90(74,75)76)40-50(91(77,78)79)45(47)19-20-48(57)62(53)26-12-8-11-16-54(65)61-25-27-64-55(66)21-22-56(64)67/h5-7,9-10,14-15,17-22,38-41H,8,11-13,16,23-37H2,1-4H3,(H5-,61,65,68,69,70,71,72,73,74,75,76,77,78,79,80,81,82)/p+1. The SMILES string of the molecule is COCCOCCOCCOCCC1(C)C(C=CC=CC=CC=C2N(CCOC)c3cc(S(=O)(=O)O)c4ccc(S(=O)(=O)O)cc4c3C2(C)CCCS(=O)(=O)O)=[N+](CCCCCC(=O)NCCN2C(=O)C=CC2=O)c2ccc3c(S(=O)(=O)O)cc(S(=O)(=O)O)cc3c21. The molecule has 0 aliphatic carbocycles. The fraction of sp³-hybridized carbons (Fsp3) is 0.433. The van der Waals surface area contributed by atoms with Crippen LogP contribution in [-0.4, -0.2) is 197 Å². The highest BCUT2D eigenvalue weighted by Crippen LogP contribution is 2.55. The molecule has 6 N–H and O–H groups in total. The van der Waals surface area contributed by atoms with Crippen LogP contribution in [0.2, 0.25) is 0 Å². The fourth-order valence-corrected chi connectivity index (χ4v) is 14.8. The Kier molecular flexibility index (Phi) is 24.4. The van der Waals surface area contributed by atoms with E-state index in [-0.39, 0.29) is 118 Å². The second kappa shape index (κ2) is 30.7. The molecule has 3 aliphatic heterocycles. The number of unbranched alkanes of at least 4 members (excludes halogenated alkanes) is 2. The van der Waals surface area contributed by atoms with E-state index in [1.807, 2.05) is 11.5 Å². The highest BCUT2D eigenvalue weighted by Gasteiger charge is 2.50. The van der Waals surface area contributed by atoms with Gasteiger partial charge in [0, 0.05) is 111 Å². The molecule has 0 spiro atoms. The quantitative estimate of drug-likeness (QED) is 0.0105. The number of ether oxygens (including phenoxy) is 5. The first-order valence-electron chi connectivity index (χ1n) is 29.0. The van der Waals surface area contributed by atoms with Gasteiger partial charge in [0.05, 0.1) is 67.2 Å². The van der Waals surface area contributed by atoms with Crippen LogP contribution in [0.1, 0.15) is 69.9 Å². The molecule has 4 aromatic rings. The van der Waals surface area contributed by atoms with E-state index in [1.54, 1.807) is 67.5 Å². The maximum atomic E-state index is 13.0. The number of carbonyl (C=O) groups is 3. The molecule has 502 valence electrons. The van der Waals surface area contributed by atoms with E-state index in [0.717, 1.165) is 41.3 Å². The minimum absolute atomic E-state index is 0.000773. The average molecular weight is 1380 g/mol. The van der Waals surface area contributed by atoms with Gasteiger partial charge < -0.3 is 33.9 Å². The van der Waals surface area contributed by atoms with E-state index in [9.17, 15) is 79.2 Å². The zero-order valence-electron chi connectivity index (χ0n) is 50.9. The second-order valence-corrected chi connectivity index (χ2v) is 29.4. The first kappa shape index (κ1) is 72.9. The van der Waals surface area contributed by atoms with Gasteiger partial charge in [-0.25, -0.2) is 0 Å². The first-order chi connectivity index (χ1) is 43.3. The van der Waals surface area contributed by atoms with Crippen molar-refractivity contribution in [2.45, 2.75) is 89.2 Å². The molecule has 0 saturated heterocycles. The molecule has 92 heavy (non-hydrogen) atoms. The van der Waals surface area contributed by atoms with Crippen LogP contribution in [0.3, 0.4) is 0 Å². The van der Waals surface area contributed by atoms with E-state index < -0.39 is 98.6 Å². The van der Waals surface area contributed by atoms with Gasteiger partial charge in [0.2, 0.25) is 11.6 Å². The minimum atomic E-state index is -5.12. The van der Waals surface area contributed by atoms with Crippen molar-refractivity contribution in [3.63, 3.8) is 0 Å². The normalized spacial score (nSPS) is 18.6. The van der Waals surface area contributed by atoms with Gasteiger partial charge in [0.15, 0.2) is 5.71 Å². The Labute approximate surface area is 534 Å². The van der Waals surface area contributed by atoms with Crippen molar-refractivity contribution in [1.29, 1.82) is 0 Å². The van der Waals surface area contributed by atoms with Crippen molar-refractivity contribution in [2.24, 2.45) is 0 Å². The number of rotatable bonds is 36. The van der Waals surface area contributed by atoms with Gasteiger partial charge in [-0.05, 0) is 105 Å². The van der Waals surface area contributed by atoms with E-state index in [4.69, 9.17) is 23.7 Å². The Morgan fingerprint density at radius 3 is 1.74 bits per heavy atom. The highest BCUT2D eigenvalue weighted by atomic mass is 32.2. The third-order valence-corrected chi connectivity index (χ3v) is 20.2. The minimum Gasteiger partial charge on any atom is -0.383 e. The molecule has 3 amide bonds. The average Bonchev–Trinajstić information content (AvgIpc) is 1.52. The van der Waals surface area contributed by atoms with Crippen molar-refractivity contribution >= 4 is 107 Å². The molecule has 0 radical (unpaired) electrons. The van der Waals surface area contributed by atoms with Crippen LogP contribution in [0.25, 0.3) is 21.5 Å². The molecular weight excluding hydrogens is 1300 g/mol. The molecule has 27 nitrogen and oxygen atoms in total. The van der Waals surface area contributed by atoms with Gasteiger partial charge >= 0.3 is 0 Å². The summed E-state index contributed by atoms with van der Waals surface area (Å²) in [5, 5.41) is 2.65. The lowest BCUT2D eigenvalue weighted by atomic mass is 9.75. The number of anilines is 1. The van der Waals surface area contributed by atoms with Crippen LogP contribution in [0.4, 0.5) is 11.4 Å². The Morgan fingerprint density at radius 1 is 0.565 bits per heavy atom. The van der Waals surface area contributed by atoms with Crippen LogP contribution in [0, 0.1) is 0 Å². The van der Waals surface area contributed by atoms with Crippen molar-refractivity contribution in [2.75, 3.05) is 104 Å². The molecule has 0 bridgehead atoms. The first-order valence-corrected chi connectivity index (χ1v) is 36.4. The number of nitrogens with one attached hydrogen (secondary N) is 1. The molecule has 32 heteroatoms. The number of amides is 3. The smallest absolute Gasteiger partial charge is 0.295 e. The number of hydrogen-bond acceptors (Lipinski definition) is 19. The number of imide groups is 1. The lowest BCUT2D eigenvalue weighted by molar-refractivity contribution is -0.438. The summed E-state index contributed by atoms with van der Waals surface area (Å²) >= 11 is 0. The number of methoxy groups -OCH3 is 2. The van der Waals surface area contributed by atoms with Crippen LogP contribution in [0.5, 0.6) is 0 Å². The van der Waals surface area contributed by atoms with Crippen molar-refractivity contribution in [3.05, 3.63) is 120 Å². The number of hydrogen-bond donors (Lipinski definition) is 6. The molecule has 4 aromatic carbocycles. The number of carbonyl (C=O) groups excluding carboxylic acids is 3. The summed E-state index contributed by atoms with van der Waals surface area (Å²) < 4.78 is 208. The molecule has 0 aromatic heterocycles. The predicted octanol–water partition coefficient (Wildman–Crippen LogP) is 5.67. The highest BCUT2D eigenvalue weighted by molar-refractivity contribution is 7.87. The van der Waals surface area contributed by atoms with E-state index in [0.29, 0.717) is 73.4 Å². The Morgan fingerprint density at radius 2 is 1.13 bits per heavy atom. The monoisotopic (exact) mass is 1380 g/mol. The zero-order valence-corrected chi connectivity index (χ0v) is 55.0. The van der Waals surface area contributed by atoms with E-state index >= 15 is 0 Å². The summed E-state index contributed by atoms with van der Waals surface area (Å²) in [6.45, 7) is 5.80. The van der Waals surface area contributed by atoms with Gasteiger partial charge in [-0.2, -0.15) is 46.7 Å².